The van der Waals surface area contributed by atoms with E-state index in [0.717, 1.165) is 25.7 Å². The topological polar surface area (TPSA) is 77.5 Å². The van der Waals surface area contributed by atoms with Gasteiger partial charge in [-0.05, 0) is 12.5 Å². The summed E-state index contributed by atoms with van der Waals surface area (Å²) in [7, 11) is -4.27. The number of carbonyl (C=O) groups is 2. The summed E-state index contributed by atoms with van der Waals surface area (Å²) < 4.78 is 28.1. The van der Waals surface area contributed by atoms with Gasteiger partial charge in [0.25, 0.3) is 0 Å². The van der Waals surface area contributed by atoms with Gasteiger partial charge >= 0.3 is 16.1 Å². The Morgan fingerprint density at radius 2 is 1.86 bits per heavy atom. The van der Waals surface area contributed by atoms with Crippen LogP contribution in [0, 0.1) is 0 Å². The monoisotopic (exact) mass is 314 g/mol. The quantitative estimate of drug-likeness (QED) is 0.483. The third-order valence-electron chi connectivity index (χ3n) is 3.17. The van der Waals surface area contributed by atoms with Crippen molar-refractivity contribution in [1.29, 1.82) is 0 Å². The van der Waals surface area contributed by atoms with Gasteiger partial charge in [-0.2, -0.15) is 8.42 Å². The molecule has 0 atom stereocenters. The smallest absolute Gasteiger partial charge is 0.342 e. The minimum absolute atomic E-state index is 0.0139. The average molecular weight is 314 g/mol. The molecule has 0 bridgehead atoms. The Morgan fingerprint density at radius 3 is 2.52 bits per heavy atom. The van der Waals surface area contributed by atoms with E-state index in [1.807, 2.05) is 0 Å². The van der Waals surface area contributed by atoms with Crippen molar-refractivity contribution >= 4 is 21.9 Å². The molecule has 1 aliphatic carbocycles. The van der Waals surface area contributed by atoms with Crippen LogP contribution in [0.25, 0.3) is 0 Å². The maximum atomic E-state index is 11.8. The van der Waals surface area contributed by atoms with Crippen LogP contribution in [-0.4, -0.2) is 20.2 Å². The minimum Gasteiger partial charge on any atom is -0.342 e. The maximum Gasteiger partial charge on any atom is 0.345 e. The van der Waals surface area contributed by atoms with Gasteiger partial charge in [0.1, 0.15) is 4.91 Å². The molecule has 6 heteroatoms. The zero-order valence-corrected chi connectivity index (χ0v) is 13.2. The molecule has 0 saturated heterocycles. The first-order chi connectivity index (χ1) is 9.97. The van der Waals surface area contributed by atoms with E-state index in [-0.39, 0.29) is 12.8 Å². The van der Waals surface area contributed by atoms with Crippen LogP contribution in [0.3, 0.4) is 0 Å². The predicted molar refractivity (Wildman–Crippen MR) is 79.9 cm³/mol. The summed E-state index contributed by atoms with van der Waals surface area (Å²) in [6.07, 6.45) is 10.2. The molecule has 0 aliphatic heterocycles. The zero-order valence-electron chi connectivity index (χ0n) is 12.3. The molecule has 0 N–H and O–H groups in total. The van der Waals surface area contributed by atoms with Crippen molar-refractivity contribution in [2.75, 3.05) is 0 Å². The summed E-state index contributed by atoms with van der Waals surface area (Å²) in [5.41, 5.74) is 0. The molecule has 0 fully saturated rings. The van der Waals surface area contributed by atoms with Crippen molar-refractivity contribution in [3.8, 4) is 0 Å². The largest absolute Gasteiger partial charge is 0.345 e. The van der Waals surface area contributed by atoms with E-state index >= 15 is 0 Å². The first kappa shape index (κ1) is 17.6. The fraction of sp³-hybridized carbons (Fsp3) is 0.600. The predicted octanol–water partition coefficient (Wildman–Crippen LogP) is 3.02. The van der Waals surface area contributed by atoms with E-state index in [9.17, 15) is 18.0 Å². The number of hydrogen-bond donors (Lipinski definition) is 0. The minimum atomic E-state index is -4.27. The maximum absolute atomic E-state index is 11.8. The lowest BCUT2D eigenvalue weighted by Gasteiger charge is -2.09. The second kappa shape index (κ2) is 8.77. The van der Waals surface area contributed by atoms with Crippen molar-refractivity contribution < 1.29 is 22.2 Å². The molecule has 5 nitrogen and oxygen atoms in total. The summed E-state index contributed by atoms with van der Waals surface area (Å²) in [5.74, 6) is -1.35. The Kier molecular flexibility index (Phi) is 7.36. The molecule has 0 aromatic carbocycles. The Balaban J connectivity index is 2.38. The van der Waals surface area contributed by atoms with Crippen molar-refractivity contribution in [1.82, 2.24) is 0 Å². The molecule has 0 saturated carbocycles. The van der Waals surface area contributed by atoms with Gasteiger partial charge in [-0.15, -0.1) is 0 Å². The molecule has 1 rings (SSSR count). The highest BCUT2D eigenvalue weighted by molar-refractivity contribution is 7.92. The number of unbranched alkanes of at least 4 members (excludes halogenated alkanes) is 5. The number of hydrogen-bond acceptors (Lipinski definition) is 5. The molecule has 0 spiro atoms. The number of rotatable bonds is 9. The summed E-state index contributed by atoms with van der Waals surface area (Å²) >= 11 is 0. The number of carbonyl (C=O) groups excluding carboxylic acids is 2. The molecule has 1 aliphatic rings. The van der Waals surface area contributed by atoms with Crippen molar-refractivity contribution in [2.24, 2.45) is 0 Å². The van der Waals surface area contributed by atoms with E-state index in [2.05, 4.69) is 11.1 Å². The average Bonchev–Trinajstić information content (AvgIpc) is 2.42. The van der Waals surface area contributed by atoms with Gasteiger partial charge in [0.15, 0.2) is 5.78 Å². The van der Waals surface area contributed by atoms with E-state index in [0.29, 0.717) is 6.42 Å². The second-order valence-corrected chi connectivity index (χ2v) is 6.53. The Bertz CT molecular complexity index is 528. The van der Waals surface area contributed by atoms with Crippen molar-refractivity contribution in [3.63, 3.8) is 0 Å². The highest BCUT2D eigenvalue weighted by Gasteiger charge is 2.28. The van der Waals surface area contributed by atoms with Crippen LogP contribution in [0.4, 0.5) is 0 Å². The molecule has 0 amide bonds. The van der Waals surface area contributed by atoms with Gasteiger partial charge in [-0.25, -0.2) is 0 Å². The van der Waals surface area contributed by atoms with Crippen LogP contribution in [0.15, 0.2) is 23.1 Å². The fourth-order valence-corrected chi connectivity index (χ4v) is 3.03. The van der Waals surface area contributed by atoms with Crippen molar-refractivity contribution in [3.05, 3.63) is 23.1 Å². The summed E-state index contributed by atoms with van der Waals surface area (Å²) in [5, 5.41) is 0. The molecular formula is C15H22O5S. The Hall–Kier alpha value is -1.43. The standard InChI is InChI=1S/C15H22O5S/c1-2-3-4-5-6-7-12-15(17)20-21(18,19)14-11-9-8-10-13(14)16/h8-9,11H,2-7,10,12H2,1H3. The van der Waals surface area contributed by atoms with E-state index in [1.54, 1.807) is 6.08 Å². The fourth-order valence-electron chi connectivity index (χ4n) is 2.01. The van der Waals surface area contributed by atoms with Crippen LogP contribution < -0.4 is 0 Å². The highest BCUT2D eigenvalue weighted by Crippen LogP contribution is 2.18. The number of ketones is 1. The van der Waals surface area contributed by atoms with Crippen LogP contribution >= 0.6 is 0 Å². The lowest BCUT2D eigenvalue weighted by molar-refractivity contribution is -0.133. The molecule has 0 radical (unpaired) electrons. The highest BCUT2D eigenvalue weighted by atomic mass is 32.2. The summed E-state index contributed by atoms with van der Waals surface area (Å²) in [4.78, 5) is 22.6. The van der Waals surface area contributed by atoms with Crippen LogP contribution in [0.5, 0.6) is 0 Å². The molecule has 21 heavy (non-hydrogen) atoms. The SMILES string of the molecule is CCCCCCCCC(=O)OS(=O)(=O)C1=CC=CCC1=O. The molecule has 118 valence electrons. The van der Waals surface area contributed by atoms with Crippen molar-refractivity contribution in [2.45, 2.75) is 58.3 Å². The van der Waals surface area contributed by atoms with Gasteiger partial charge < -0.3 is 4.18 Å². The molecule has 0 aromatic rings. The van der Waals surface area contributed by atoms with Gasteiger partial charge in [-0.3, -0.25) is 9.59 Å². The molecule has 0 unspecified atom stereocenters. The normalized spacial score (nSPS) is 14.9. The lowest BCUT2D eigenvalue weighted by atomic mass is 10.1. The Morgan fingerprint density at radius 1 is 1.19 bits per heavy atom. The van der Waals surface area contributed by atoms with E-state index < -0.39 is 26.8 Å². The lowest BCUT2D eigenvalue weighted by Crippen LogP contribution is -2.20. The van der Waals surface area contributed by atoms with Crippen LogP contribution in [-0.2, 0) is 23.9 Å². The van der Waals surface area contributed by atoms with Gasteiger partial charge in [0.05, 0.1) is 0 Å². The number of Topliss-reactive ketones (excluding diaryl/α,β-unsaturated/α-hetero) is 1. The van der Waals surface area contributed by atoms with Gasteiger partial charge in [-0.1, -0.05) is 51.2 Å². The molecular weight excluding hydrogens is 292 g/mol. The Labute approximate surface area is 126 Å². The van der Waals surface area contributed by atoms with E-state index in [1.165, 1.54) is 18.6 Å². The summed E-state index contributed by atoms with van der Waals surface area (Å²) in [6, 6.07) is 0. The molecule has 0 aromatic heterocycles. The first-order valence-corrected chi connectivity index (χ1v) is 8.75. The van der Waals surface area contributed by atoms with E-state index in [4.69, 9.17) is 0 Å². The van der Waals surface area contributed by atoms with Gasteiger partial charge in [0.2, 0.25) is 0 Å². The first-order valence-electron chi connectivity index (χ1n) is 7.34. The third-order valence-corrected chi connectivity index (χ3v) is 4.48. The van der Waals surface area contributed by atoms with Gasteiger partial charge in [0, 0.05) is 12.8 Å². The summed E-state index contributed by atoms with van der Waals surface area (Å²) in [6.45, 7) is 2.12. The zero-order chi connectivity index (χ0) is 15.7. The molecule has 0 heterocycles. The van der Waals surface area contributed by atoms with Crippen LogP contribution in [0.2, 0.25) is 0 Å². The van der Waals surface area contributed by atoms with Crippen LogP contribution in [0.1, 0.15) is 58.3 Å². The third kappa shape index (κ3) is 6.25. The number of allylic oxidation sites excluding steroid dienone is 4. The second-order valence-electron chi connectivity index (χ2n) is 5.01.